The van der Waals surface area contributed by atoms with Gasteiger partial charge in [0.2, 0.25) is 0 Å². The molecule has 0 fully saturated rings. The van der Waals surface area contributed by atoms with E-state index < -0.39 is 0 Å². The number of hydrogen-bond acceptors (Lipinski definition) is 1. The van der Waals surface area contributed by atoms with Gasteiger partial charge in [-0.1, -0.05) is 60.7 Å². The summed E-state index contributed by atoms with van der Waals surface area (Å²) in [5.41, 5.74) is 4.11. The molecule has 106 valence electrons. The molecule has 1 nitrogen and oxygen atoms in total. The van der Waals surface area contributed by atoms with E-state index in [9.17, 15) is 0 Å². The van der Waals surface area contributed by atoms with E-state index in [1.807, 2.05) is 0 Å². The highest BCUT2D eigenvalue weighted by Gasteiger charge is 2.39. The van der Waals surface area contributed by atoms with Crippen molar-refractivity contribution in [3.8, 4) is 0 Å². The van der Waals surface area contributed by atoms with Crippen molar-refractivity contribution in [3.05, 3.63) is 76.7 Å². The molecule has 0 saturated carbocycles. The van der Waals surface area contributed by atoms with Gasteiger partial charge >= 0.3 is 0 Å². The highest BCUT2D eigenvalue weighted by Crippen LogP contribution is 2.46. The Hall–Kier alpha value is -2.54. The average Bonchev–Trinajstić information content (AvgIpc) is 2.88. The van der Waals surface area contributed by atoms with Gasteiger partial charge in [-0.3, -0.25) is 0 Å². The van der Waals surface area contributed by atoms with Crippen molar-refractivity contribution in [2.75, 3.05) is 5.32 Å². The molecule has 0 radical (unpaired) electrons. The van der Waals surface area contributed by atoms with Gasteiger partial charge in [0, 0.05) is 11.3 Å². The summed E-state index contributed by atoms with van der Waals surface area (Å²) in [6.07, 6.45) is 3.39. The molecule has 22 heavy (non-hydrogen) atoms. The minimum absolute atomic E-state index is 0.000805. The van der Waals surface area contributed by atoms with Crippen LogP contribution < -0.4 is 15.8 Å². The Labute approximate surface area is 129 Å². The van der Waals surface area contributed by atoms with E-state index in [-0.39, 0.29) is 5.54 Å². The van der Waals surface area contributed by atoms with Gasteiger partial charge in [0.25, 0.3) is 0 Å². The monoisotopic (exact) mass is 283 g/mol. The number of rotatable bonds is 0. The fourth-order valence-corrected chi connectivity index (χ4v) is 4.08. The lowest BCUT2D eigenvalue weighted by atomic mass is 9.81. The second-order valence-corrected chi connectivity index (χ2v) is 6.54. The predicted molar refractivity (Wildman–Crippen MR) is 93.3 cm³/mol. The molecule has 1 aliphatic heterocycles. The average molecular weight is 283 g/mol. The summed E-state index contributed by atoms with van der Waals surface area (Å²) >= 11 is 0. The first-order valence-electron chi connectivity index (χ1n) is 7.87. The molecule has 0 saturated heterocycles. The number of nitrogens with one attached hydrogen (secondary N) is 1. The summed E-state index contributed by atoms with van der Waals surface area (Å²) < 4.78 is 0. The maximum absolute atomic E-state index is 3.78. The summed E-state index contributed by atoms with van der Waals surface area (Å²) in [7, 11) is 0. The van der Waals surface area contributed by atoms with Crippen LogP contribution in [-0.4, -0.2) is 5.54 Å². The molecule has 1 heterocycles. The fourth-order valence-electron chi connectivity index (χ4n) is 4.08. The van der Waals surface area contributed by atoms with Gasteiger partial charge in [0.05, 0.1) is 5.54 Å². The minimum atomic E-state index is 0.000805. The third-order valence-corrected chi connectivity index (χ3v) is 5.10. The van der Waals surface area contributed by atoms with Crippen molar-refractivity contribution in [1.29, 1.82) is 0 Å². The van der Waals surface area contributed by atoms with Gasteiger partial charge in [-0.2, -0.15) is 0 Å². The van der Waals surface area contributed by atoms with E-state index in [1.165, 1.54) is 38.0 Å². The first-order chi connectivity index (χ1) is 10.8. The second kappa shape index (κ2) is 4.01. The molecule has 1 heteroatoms. The molecule has 0 bridgehead atoms. The highest BCUT2D eigenvalue weighted by atomic mass is 15.0. The molecule has 0 amide bonds. The zero-order chi connectivity index (χ0) is 14.7. The largest absolute Gasteiger partial charge is 0.375 e. The Morgan fingerprint density at radius 2 is 1.73 bits per heavy atom. The first kappa shape index (κ1) is 12.0. The van der Waals surface area contributed by atoms with Crippen LogP contribution in [0.3, 0.4) is 0 Å². The molecule has 2 aliphatic rings. The van der Waals surface area contributed by atoms with Crippen molar-refractivity contribution in [2.45, 2.75) is 18.9 Å². The summed E-state index contributed by atoms with van der Waals surface area (Å²) in [6, 6.07) is 21.9. The van der Waals surface area contributed by atoms with Crippen molar-refractivity contribution < 1.29 is 0 Å². The number of fused-ring (bicyclic) bond motifs is 6. The van der Waals surface area contributed by atoms with E-state index in [0.29, 0.717) is 0 Å². The smallest absolute Gasteiger partial charge is 0.0644 e. The molecule has 5 rings (SSSR count). The topological polar surface area (TPSA) is 12.0 Å². The Morgan fingerprint density at radius 3 is 2.68 bits per heavy atom. The highest BCUT2D eigenvalue weighted by molar-refractivity contribution is 6.05. The van der Waals surface area contributed by atoms with Gasteiger partial charge < -0.3 is 5.32 Å². The van der Waals surface area contributed by atoms with E-state index in [2.05, 4.69) is 79.0 Å². The summed E-state index contributed by atoms with van der Waals surface area (Å²) in [6.45, 7) is 2.32. The quantitative estimate of drug-likeness (QED) is 0.667. The molecular formula is C21H17N. The van der Waals surface area contributed by atoms with E-state index in [4.69, 9.17) is 0 Å². The van der Waals surface area contributed by atoms with Crippen molar-refractivity contribution in [1.82, 2.24) is 0 Å². The molecule has 1 atom stereocenters. The fraction of sp³-hybridized carbons (Fsp3) is 0.143. The van der Waals surface area contributed by atoms with Crippen LogP contribution in [0.2, 0.25) is 0 Å². The Kier molecular flexibility index (Phi) is 2.20. The second-order valence-electron chi connectivity index (χ2n) is 6.54. The van der Waals surface area contributed by atoms with E-state index in [1.54, 1.807) is 0 Å². The van der Waals surface area contributed by atoms with Crippen LogP contribution in [0.5, 0.6) is 0 Å². The standard InChI is InChI=1S/C21H17N/c1-21-13-12-15-7-3-5-9-17(15)20(21)19-16-8-4-2-6-14(16)10-11-18(19)22-21/h2-12,22H,13H2,1H3. The van der Waals surface area contributed by atoms with E-state index in [0.717, 1.165) is 6.42 Å². The molecule has 3 aromatic carbocycles. The van der Waals surface area contributed by atoms with E-state index >= 15 is 0 Å². The van der Waals surface area contributed by atoms with Crippen LogP contribution in [0.25, 0.3) is 22.4 Å². The summed E-state index contributed by atoms with van der Waals surface area (Å²) in [5.74, 6) is 0. The lowest BCUT2D eigenvalue weighted by Gasteiger charge is -2.28. The van der Waals surface area contributed by atoms with Crippen molar-refractivity contribution >= 4 is 28.1 Å². The maximum Gasteiger partial charge on any atom is 0.0644 e. The normalized spacial score (nSPS) is 21.6. The number of hydrogen-bond donors (Lipinski definition) is 1. The number of benzene rings is 3. The van der Waals surface area contributed by atoms with Crippen LogP contribution in [0.1, 0.15) is 18.9 Å². The number of anilines is 1. The van der Waals surface area contributed by atoms with Crippen LogP contribution in [-0.2, 0) is 0 Å². The molecule has 1 aliphatic carbocycles. The summed E-state index contributed by atoms with van der Waals surface area (Å²) in [4.78, 5) is 0. The minimum Gasteiger partial charge on any atom is -0.375 e. The third kappa shape index (κ3) is 1.43. The molecule has 1 N–H and O–H groups in total. The van der Waals surface area contributed by atoms with Gasteiger partial charge in [-0.25, -0.2) is 0 Å². The zero-order valence-electron chi connectivity index (χ0n) is 12.6. The maximum atomic E-state index is 3.78. The Balaban J connectivity index is 2.03. The Morgan fingerprint density at radius 1 is 0.909 bits per heavy atom. The lowest BCUT2D eigenvalue weighted by Crippen LogP contribution is -2.42. The Bertz CT molecular complexity index is 1040. The first-order valence-corrected chi connectivity index (χ1v) is 7.87. The van der Waals surface area contributed by atoms with Gasteiger partial charge in [-0.05, 0) is 46.2 Å². The van der Waals surface area contributed by atoms with Gasteiger partial charge in [0.15, 0.2) is 0 Å². The van der Waals surface area contributed by atoms with Crippen LogP contribution in [0, 0.1) is 0 Å². The van der Waals surface area contributed by atoms with Crippen molar-refractivity contribution in [2.24, 2.45) is 0 Å². The third-order valence-electron chi connectivity index (χ3n) is 5.10. The van der Waals surface area contributed by atoms with Crippen molar-refractivity contribution in [3.63, 3.8) is 0 Å². The zero-order valence-corrected chi connectivity index (χ0v) is 12.6. The lowest BCUT2D eigenvalue weighted by molar-refractivity contribution is 0.691. The van der Waals surface area contributed by atoms with Crippen LogP contribution >= 0.6 is 0 Å². The molecule has 0 spiro atoms. The van der Waals surface area contributed by atoms with Crippen LogP contribution in [0.4, 0.5) is 5.69 Å². The molecule has 1 unspecified atom stereocenters. The molecular weight excluding hydrogens is 266 g/mol. The molecule has 3 aromatic rings. The SMILES string of the molecule is CC12CC=c3ccccc3=C1c1c(ccc3ccccc13)N2. The molecule has 0 aromatic heterocycles. The van der Waals surface area contributed by atoms with Gasteiger partial charge in [0.1, 0.15) is 0 Å². The predicted octanol–water partition coefficient (Wildman–Crippen LogP) is 3.41. The van der Waals surface area contributed by atoms with Crippen LogP contribution in [0.15, 0.2) is 60.7 Å². The summed E-state index contributed by atoms with van der Waals surface area (Å²) in [5, 5.41) is 9.17. The van der Waals surface area contributed by atoms with Gasteiger partial charge in [-0.15, -0.1) is 0 Å².